The number of rotatable bonds is 5. The number of allylic oxidation sites excluding steroid dienone is 1. The Morgan fingerprint density at radius 3 is 2.81 bits per heavy atom. The lowest BCUT2D eigenvalue weighted by molar-refractivity contribution is -0.589. The van der Waals surface area contributed by atoms with Crippen molar-refractivity contribution in [3.63, 3.8) is 0 Å². The highest BCUT2D eigenvalue weighted by Gasteiger charge is 2.32. The van der Waals surface area contributed by atoms with Crippen molar-refractivity contribution in [2.45, 2.75) is 18.8 Å². The molecule has 2 aromatic carbocycles. The summed E-state index contributed by atoms with van der Waals surface area (Å²) in [7, 11) is 3.25. The van der Waals surface area contributed by atoms with Gasteiger partial charge in [0.1, 0.15) is 12.0 Å². The quantitative estimate of drug-likeness (QED) is 0.627. The van der Waals surface area contributed by atoms with Crippen molar-refractivity contribution in [3.8, 4) is 11.5 Å². The Bertz CT molecular complexity index is 1250. The summed E-state index contributed by atoms with van der Waals surface area (Å²) >= 11 is 0. The lowest BCUT2D eigenvalue weighted by atomic mass is 9.99. The third-order valence-electron chi connectivity index (χ3n) is 5.92. The number of pyridine rings is 1. The highest BCUT2D eigenvalue weighted by molar-refractivity contribution is 6.11. The molecule has 0 fully saturated rings. The van der Waals surface area contributed by atoms with E-state index in [0.717, 1.165) is 45.9 Å². The normalized spacial score (nSPS) is 16.8. The fraction of sp³-hybridized carbons (Fsp3) is 0.208. The number of nitrogens with zero attached hydrogens (tertiary/aromatic N) is 2. The SMILES string of the molecule is COc1ccc2c(c1OC)CCC2C(=O)Nc1cc2cc(C3=C[NH2+]N=C3)ccc2cn1. The minimum atomic E-state index is -0.242. The molecule has 0 radical (unpaired) electrons. The Hall–Kier alpha value is -3.71. The minimum absolute atomic E-state index is 0.0609. The van der Waals surface area contributed by atoms with Crippen molar-refractivity contribution < 1.29 is 19.7 Å². The molecule has 0 spiro atoms. The lowest BCUT2D eigenvalue weighted by Crippen LogP contribution is -2.69. The fourth-order valence-corrected chi connectivity index (χ4v) is 4.37. The van der Waals surface area contributed by atoms with E-state index in [4.69, 9.17) is 9.47 Å². The molecular formula is C24H23N4O3+. The summed E-state index contributed by atoms with van der Waals surface area (Å²) in [6.07, 6.45) is 7.11. The van der Waals surface area contributed by atoms with E-state index < -0.39 is 0 Å². The van der Waals surface area contributed by atoms with Crippen LogP contribution < -0.4 is 20.2 Å². The van der Waals surface area contributed by atoms with Crippen LogP contribution in [0.5, 0.6) is 11.5 Å². The number of fused-ring (bicyclic) bond motifs is 2. The topological polar surface area (TPSA) is 89.4 Å². The Morgan fingerprint density at radius 2 is 2.03 bits per heavy atom. The van der Waals surface area contributed by atoms with E-state index in [1.54, 1.807) is 25.8 Å². The van der Waals surface area contributed by atoms with Crippen molar-refractivity contribution in [1.82, 2.24) is 4.98 Å². The van der Waals surface area contributed by atoms with Gasteiger partial charge in [-0.15, -0.1) is 0 Å². The van der Waals surface area contributed by atoms with E-state index in [1.807, 2.05) is 36.7 Å². The van der Waals surface area contributed by atoms with Crippen molar-refractivity contribution in [1.29, 1.82) is 0 Å². The van der Waals surface area contributed by atoms with Crippen LogP contribution in [0.15, 0.2) is 53.9 Å². The number of methoxy groups -OCH3 is 2. The molecule has 1 aliphatic carbocycles. The summed E-state index contributed by atoms with van der Waals surface area (Å²) < 4.78 is 10.9. The third-order valence-corrected chi connectivity index (χ3v) is 5.92. The first kappa shape index (κ1) is 19.3. The molecule has 5 rings (SSSR count). The van der Waals surface area contributed by atoms with Gasteiger partial charge in [-0.3, -0.25) is 4.79 Å². The molecule has 2 heterocycles. The van der Waals surface area contributed by atoms with Gasteiger partial charge in [-0.1, -0.05) is 23.3 Å². The van der Waals surface area contributed by atoms with Gasteiger partial charge >= 0.3 is 0 Å². The second-order valence-corrected chi connectivity index (χ2v) is 7.63. The number of hydrogen-bond acceptors (Lipinski definition) is 5. The number of hydrogen-bond donors (Lipinski definition) is 2. The minimum Gasteiger partial charge on any atom is -0.493 e. The van der Waals surface area contributed by atoms with Gasteiger partial charge in [0.2, 0.25) is 5.91 Å². The van der Waals surface area contributed by atoms with Gasteiger partial charge in [0, 0.05) is 17.1 Å². The molecule has 7 nitrogen and oxygen atoms in total. The maximum atomic E-state index is 13.1. The average Bonchev–Trinajstić information content (AvgIpc) is 3.48. The molecule has 3 aromatic rings. The Balaban J connectivity index is 1.40. The Kier molecular flexibility index (Phi) is 4.88. The molecular weight excluding hydrogens is 392 g/mol. The number of anilines is 1. The fourth-order valence-electron chi connectivity index (χ4n) is 4.37. The van der Waals surface area contributed by atoms with Crippen LogP contribution in [-0.4, -0.2) is 31.3 Å². The van der Waals surface area contributed by atoms with Crippen molar-refractivity contribution in [2.75, 3.05) is 19.5 Å². The number of quaternary nitrogens is 1. The van der Waals surface area contributed by atoms with Crippen LogP contribution in [0.2, 0.25) is 0 Å². The second-order valence-electron chi connectivity index (χ2n) is 7.63. The van der Waals surface area contributed by atoms with Gasteiger partial charge in [0.25, 0.3) is 0 Å². The highest BCUT2D eigenvalue weighted by atomic mass is 16.5. The van der Waals surface area contributed by atoms with Gasteiger partial charge < -0.3 is 14.8 Å². The smallest absolute Gasteiger partial charge is 0.233 e. The molecule has 0 saturated heterocycles. The third kappa shape index (κ3) is 3.43. The van der Waals surface area contributed by atoms with Crippen LogP contribution in [0, 0.1) is 0 Å². The number of amides is 1. The van der Waals surface area contributed by atoms with Gasteiger partial charge in [-0.05, 0) is 47.6 Å². The highest BCUT2D eigenvalue weighted by Crippen LogP contribution is 2.43. The number of nitrogens with two attached hydrogens (primary N) is 1. The maximum Gasteiger partial charge on any atom is 0.233 e. The zero-order valence-electron chi connectivity index (χ0n) is 17.4. The van der Waals surface area contributed by atoms with Crippen LogP contribution in [0.25, 0.3) is 16.3 Å². The number of aromatic nitrogens is 1. The van der Waals surface area contributed by atoms with E-state index in [1.165, 1.54) is 0 Å². The summed E-state index contributed by atoms with van der Waals surface area (Å²) in [5.41, 5.74) is 5.96. The number of benzene rings is 2. The van der Waals surface area contributed by atoms with E-state index in [0.29, 0.717) is 17.3 Å². The van der Waals surface area contributed by atoms with Gasteiger partial charge in [-0.2, -0.15) is 5.43 Å². The van der Waals surface area contributed by atoms with Crippen LogP contribution in [0.1, 0.15) is 29.0 Å². The van der Waals surface area contributed by atoms with Gasteiger partial charge in [0.15, 0.2) is 11.5 Å². The first-order valence-electron chi connectivity index (χ1n) is 10.2. The zero-order valence-corrected chi connectivity index (χ0v) is 17.4. The molecule has 1 unspecified atom stereocenters. The predicted octanol–water partition coefficient (Wildman–Crippen LogP) is 2.82. The molecule has 156 valence electrons. The molecule has 7 heteroatoms. The maximum absolute atomic E-state index is 13.1. The van der Waals surface area contributed by atoms with E-state index >= 15 is 0 Å². The van der Waals surface area contributed by atoms with E-state index in [2.05, 4.69) is 27.5 Å². The predicted molar refractivity (Wildman–Crippen MR) is 119 cm³/mol. The van der Waals surface area contributed by atoms with Crippen molar-refractivity contribution in [2.24, 2.45) is 5.10 Å². The Morgan fingerprint density at radius 1 is 1.13 bits per heavy atom. The van der Waals surface area contributed by atoms with Crippen LogP contribution in [0.4, 0.5) is 5.82 Å². The Labute approximate surface area is 179 Å². The molecule has 31 heavy (non-hydrogen) atoms. The van der Waals surface area contributed by atoms with E-state index in [-0.39, 0.29) is 11.8 Å². The summed E-state index contributed by atoms with van der Waals surface area (Å²) in [4.78, 5) is 17.5. The number of carbonyl (C=O) groups excluding carboxylic acids is 1. The van der Waals surface area contributed by atoms with Gasteiger partial charge in [0.05, 0.1) is 31.9 Å². The molecule has 1 amide bonds. The first-order valence-corrected chi connectivity index (χ1v) is 10.2. The average molecular weight is 415 g/mol. The lowest BCUT2D eigenvalue weighted by Gasteiger charge is -2.15. The summed E-state index contributed by atoms with van der Waals surface area (Å²) in [5.74, 6) is 1.65. The number of ether oxygens (including phenoxy) is 2. The molecule has 1 aromatic heterocycles. The largest absolute Gasteiger partial charge is 0.493 e. The van der Waals surface area contributed by atoms with Crippen molar-refractivity contribution in [3.05, 3.63) is 65.5 Å². The first-order chi connectivity index (χ1) is 15.2. The molecule has 3 N–H and O–H groups in total. The summed E-state index contributed by atoms with van der Waals surface area (Å²) in [6, 6.07) is 11.9. The van der Waals surface area contributed by atoms with Crippen molar-refractivity contribution >= 4 is 34.3 Å². The zero-order chi connectivity index (χ0) is 21.4. The van der Waals surface area contributed by atoms with E-state index in [9.17, 15) is 4.79 Å². The van der Waals surface area contributed by atoms with Crippen LogP contribution >= 0.6 is 0 Å². The number of carbonyl (C=O) groups is 1. The van der Waals surface area contributed by atoms with Crippen LogP contribution in [0.3, 0.4) is 0 Å². The van der Waals surface area contributed by atoms with Gasteiger partial charge in [-0.25, -0.2) is 4.98 Å². The molecule has 2 aliphatic rings. The second kappa shape index (κ2) is 7.85. The molecule has 0 bridgehead atoms. The molecule has 1 atom stereocenters. The van der Waals surface area contributed by atoms with Crippen LogP contribution in [-0.2, 0) is 11.2 Å². The summed E-state index contributed by atoms with van der Waals surface area (Å²) in [5, 5.41) is 9.17. The summed E-state index contributed by atoms with van der Waals surface area (Å²) in [6.45, 7) is 0. The molecule has 1 aliphatic heterocycles. The molecule has 0 saturated carbocycles. The number of nitrogens with one attached hydrogen (secondary N) is 1. The monoisotopic (exact) mass is 415 g/mol. The standard InChI is InChI=1S/C24H22N4O3/c1-30-21-8-7-18-19(23(21)31-2)5-6-20(18)24(29)28-22-10-16-9-14(17-12-26-27-13-17)3-4-15(16)11-25-22/h3-4,7-13,20H,5-6H2,1-2H3,(H,26,27)(H,25,28,29)/p+1.